The van der Waals surface area contributed by atoms with Gasteiger partial charge >= 0.3 is 0 Å². The summed E-state index contributed by atoms with van der Waals surface area (Å²) in [5, 5.41) is 0. The van der Waals surface area contributed by atoms with Crippen LogP contribution in [0.4, 0.5) is 17.1 Å². The van der Waals surface area contributed by atoms with Crippen molar-refractivity contribution in [3.05, 3.63) is 149 Å². The van der Waals surface area contributed by atoms with Gasteiger partial charge in [-0.2, -0.15) is 0 Å². The number of amides is 2. The molecule has 0 unspecified atom stereocenters. The van der Waals surface area contributed by atoms with Crippen LogP contribution in [0.1, 0.15) is 34.0 Å². The Labute approximate surface area is 214 Å². The molecule has 1 heterocycles. The molecule has 37 heavy (non-hydrogen) atoms. The molecule has 3 aromatic carbocycles. The number of anilines is 3. The fraction of sp³-hybridized carbons (Fsp3) is 0.0645. The lowest BCUT2D eigenvalue weighted by molar-refractivity contribution is 0.0940. The van der Waals surface area contributed by atoms with Gasteiger partial charge in [0.2, 0.25) is 0 Å². The number of rotatable bonds is 6. The predicted molar refractivity (Wildman–Crippen MR) is 144 cm³/mol. The van der Waals surface area contributed by atoms with E-state index in [-0.39, 0.29) is 11.5 Å². The Morgan fingerprint density at radius 1 is 0.622 bits per heavy atom. The summed E-state index contributed by atoms with van der Waals surface area (Å²) >= 11 is 0. The highest BCUT2D eigenvalue weighted by Crippen LogP contribution is 2.28. The number of allylic oxidation sites excluding steroid dienone is 3. The summed E-state index contributed by atoms with van der Waals surface area (Å²) in [7, 11) is 0. The van der Waals surface area contributed by atoms with Crippen LogP contribution in [0.25, 0.3) is 0 Å². The molecule has 0 bridgehead atoms. The quantitative estimate of drug-likeness (QED) is 0.311. The topological polar surface area (TPSA) is 70.8 Å². The van der Waals surface area contributed by atoms with Crippen LogP contribution < -0.4 is 15.2 Å². The van der Waals surface area contributed by atoms with Gasteiger partial charge in [-0.25, -0.2) is 0 Å². The Kier molecular flexibility index (Phi) is 6.90. The van der Waals surface area contributed by atoms with Crippen molar-refractivity contribution in [2.45, 2.75) is 12.8 Å². The Morgan fingerprint density at radius 2 is 1.08 bits per heavy atom. The molecule has 0 aliphatic heterocycles. The maximum atomic E-state index is 13.8. The molecule has 0 atom stereocenters. The van der Waals surface area contributed by atoms with E-state index >= 15 is 0 Å². The van der Waals surface area contributed by atoms with E-state index < -0.39 is 17.2 Å². The summed E-state index contributed by atoms with van der Waals surface area (Å²) in [4.78, 5) is 43.2. The highest BCUT2D eigenvalue weighted by Gasteiger charge is 2.27. The molecule has 5 rings (SSSR count). The Balaban J connectivity index is 1.57. The van der Waals surface area contributed by atoms with Crippen LogP contribution >= 0.6 is 0 Å². The molecular weight excluding hydrogens is 464 g/mol. The maximum Gasteiger partial charge on any atom is 0.298 e. The number of nitrogens with zero attached hydrogens (tertiary/aromatic N) is 2. The molecule has 6 nitrogen and oxygen atoms in total. The predicted octanol–water partition coefficient (Wildman–Crippen LogP) is 6.50. The zero-order chi connectivity index (χ0) is 25.6. The highest BCUT2D eigenvalue weighted by molar-refractivity contribution is 6.10. The van der Waals surface area contributed by atoms with Crippen LogP contribution in [0, 0.1) is 0 Å². The zero-order valence-electron chi connectivity index (χ0n) is 20.0. The first-order valence-corrected chi connectivity index (χ1v) is 12.0. The first-order valence-electron chi connectivity index (χ1n) is 12.0. The molecule has 4 aromatic rings. The van der Waals surface area contributed by atoms with Gasteiger partial charge in [-0.05, 0) is 55.3 Å². The summed E-state index contributed by atoms with van der Waals surface area (Å²) < 4.78 is 5.87. The van der Waals surface area contributed by atoms with E-state index in [0.717, 1.165) is 25.0 Å². The summed E-state index contributed by atoms with van der Waals surface area (Å²) in [6, 6.07) is 29.5. The molecule has 0 N–H and O–H groups in total. The number of carbonyl (C=O) groups excluding carboxylic acids is 2. The van der Waals surface area contributed by atoms with Crippen LogP contribution in [-0.2, 0) is 0 Å². The van der Waals surface area contributed by atoms with Crippen LogP contribution in [0.3, 0.4) is 0 Å². The number of benzene rings is 3. The molecule has 2 amide bonds. The van der Waals surface area contributed by atoms with E-state index in [1.807, 2.05) is 72.8 Å². The molecule has 1 aromatic heterocycles. The average Bonchev–Trinajstić information content (AvgIpc) is 2.95. The molecule has 6 heteroatoms. The summed E-state index contributed by atoms with van der Waals surface area (Å²) in [6.07, 6.45) is 7.49. The van der Waals surface area contributed by atoms with Crippen molar-refractivity contribution in [1.82, 2.24) is 0 Å². The van der Waals surface area contributed by atoms with Gasteiger partial charge in [-0.1, -0.05) is 66.7 Å². The van der Waals surface area contributed by atoms with E-state index in [0.29, 0.717) is 22.8 Å². The summed E-state index contributed by atoms with van der Waals surface area (Å²) in [5.41, 5.74) is 2.00. The van der Waals surface area contributed by atoms with Gasteiger partial charge in [0.25, 0.3) is 11.8 Å². The lowest BCUT2D eigenvalue weighted by Crippen LogP contribution is -2.32. The van der Waals surface area contributed by atoms with Crippen LogP contribution in [0.5, 0.6) is 0 Å². The molecule has 0 saturated heterocycles. The zero-order valence-corrected chi connectivity index (χ0v) is 20.0. The molecule has 0 fully saturated rings. The van der Waals surface area contributed by atoms with Crippen molar-refractivity contribution in [3.63, 3.8) is 0 Å². The number of para-hydroxylation sites is 3. The normalized spacial score (nSPS) is 12.5. The molecule has 0 radical (unpaired) electrons. The van der Waals surface area contributed by atoms with Gasteiger partial charge in [-0.15, -0.1) is 0 Å². The van der Waals surface area contributed by atoms with Gasteiger partial charge in [0.05, 0.1) is 0 Å². The van der Waals surface area contributed by atoms with Gasteiger partial charge < -0.3 is 4.42 Å². The molecule has 0 spiro atoms. The Hall–Kier alpha value is -4.97. The van der Waals surface area contributed by atoms with Crippen LogP contribution in [0.15, 0.2) is 136 Å². The second-order valence-electron chi connectivity index (χ2n) is 8.42. The second kappa shape index (κ2) is 10.7. The van der Waals surface area contributed by atoms with E-state index in [2.05, 4.69) is 0 Å². The van der Waals surface area contributed by atoms with Crippen molar-refractivity contribution in [1.29, 1.82) is 0 Å². The van der Waals surface area contributed by atoms with Gasteiger partial charge in [0, 0.05) is 34.9 Å². The first kappa shape index (κ1) is 23.8. The largest absolute Gasteiger partial charge is 0.445 e. The third kappa shape index (κ3) is 5.18. The molecule has 182 valence electrons. The standard InChI is InChI=1S/C31H24N2O4/c34-27-21-28(30(35)32(23-13-5-1-6-14-23)24-15-7-2-8-16-24)37-29(22-27)31(36)33(25-17-9-3-10-18-25)26-19-11-4-12-20-26/h1-3,5-11,13-22H,4,12H2. The Bertz CT molecular complexity index is 1480. The molecule has 0 saturated carbocycles. The van der Waals surface area contributed by atoms with Crippen molar-refractivity contribution in [2.75, 3.05) is 9.80 Å². The first-order chi connectivity index (χ1) is 18.1. The number of hydrogen-bond acceptors (Lipinski definition) is 4. The smallest absolute Gasteiger partial charge is 0.298 e. The maximum absolute atomic E-state index is 13.8. The SMILES string of the molecule is O=C(c1cc(=O)cc(C(=O)N(c2ccccc2)c2ccccc2)o1)N(C1=CCCC=C1)c1ccccc1. The molecule has 1 aliphatic carbocycles. The van der Waals surface area contributed by atoms with E-state index in [1.54, 1.807) is 36.4 Å². The molecule has 1 aliphatic rings. The van der Waals surface area contributed by atoms with E-state index in [4.69, 9.17) is 4.42 Å². The fourth-order valence-electron chi connectivity index (χ4n) is 4.17. The van der Waals surface area contributed by atoms with Gasteiger partial charge in [-0.3, -0.25) is 24.2 Å². The molecular formula is C31H24N2O4. The van der Waals surface area contributed by atoms with Gasteiger partial charge in [0.15, 0.2) is 16.9 Å². The van der Waals surface area contributed by atoms with E-state index in [9.17, 15) is 14.4 Å². The lowest BCUT2D eigenvalue weighted by atomic mass is 10.1. The monoisotopic (exact) mass is 488 g/mol. The van der Waals surface area contributed by atoms with E-state index in [1.165, 1.54) is 9.80 Å². The second-order valence-corrected chi connectivity index (χ2v) is 8.42. The highest BCUT2D eigenvalue weighted by atomic mass is 16.4. The van der Waals surface area contributed by atoms with Gasteiger partial charge in [0.1, 0.15) is 0 Å². The Morgan fingerprint density at radius 3 is 1.54 bits per heavy atom. The van der Waals surface area contributed by atoms with Crippen LogP contribution in [-0.4, -0.2) is 11.8 Å². The average molecular weight is 489 g/mol. The summed E-state index contributed by atoms with van der Waals surface area (Å²) in [5.74, 6) is -1.56. The fourth-order valence-corrected chi connectivity index (χ4v) is 4.17. The third-order valence-corrected chi connectivity index (χ3v) is 5.87. The summed E-state index contributed by atoms with van der Waals surface area (Å²) in [6.45, 7) is 0. The minimum absolute atomic E-state index is 0.222. The number of hydrogen-bond donors (Lipinski definition) is 0. The minimum atomic E-state index is -0.563. The van der Waals surface area contributed by atoms with Crippen molar-refractivity contribution in [3.8, 4) is 0 Å². The minimum Gasteiger partial charge on any atom is -0.445 e. The van der Waals surface area contributed by atoms with Crippen molar-refractivity contribution in [2.24, 2.45) is 0 Å². The van der Waals surface area contributed by atoms with Crippen molar-refractivity contribution >= 4 is 28.9 Å². The third-order valence-electron chi connectivity index (χ3n) is 5.87. The lowest BCUT2D eigenvalue weighted by Gasteiger charge is -2.25. The number of carbonyl (C=O) groups is 2. The van der Waals surface area contributed by atoms with Crippen LogP contribution in [0.2, 0.25) is 0 Å². The van der Waals surface area contributed by atoms with Crippen molar-refractivity contribution < 1.29 is 14.0 Å².